The quantitative estimate of drug-likeness (QED) is 0.384. The Morgan fingerprint density at radius 1 is 1.25 bits per heavy atom. The minimum Gasteiger partial charge on any atom is -0.348 e. The summed E-state index contributed by atoms with van der Waals surface area (Å²) < 4.78 is 2.13. The predicted octanol–water partition coefficient (Wildman–Crippen LogP) is 4.95. The molecule has 1 N–H and O–H groups in total. The summed E-state index contributed by atoms with van der Waals surface area (Å²) in [6.07, 6.45) is 2.02. The topological polar surface area (TPSA) is 90.1 Å². The van der Waals surface area contributed by atoms with Gasteiger partial charge in [0.1, 0.15) is 10.7 Å². The Balaban J connectivity index is 1.55. The van der Waals surface area contributed by atoms with Gasteiger partial charge in [-0.3, -0.25) is 14.9 Å². The molecule has 0 atom stereocenters. The van der Waals surface area contributed by atoms with Crippen LogP contribution in [-0.4, -0.2) is 20.4 Å². The monoisotopic (exact) mass is 392 g/mol. The number of carbonyl (C=O) groups excluding carboxylic acids is 1. The number of carbonyl (C=O) groups is 1. The first kappa shape index (κ1) is 17.9. The van der Waals surface area contributed by atoms with E-state index in [0.29, 0.717) is 16.3 Å². The van der Waals surface area contributed by atoms with Crippen molar-refractivity contribution in [2.75, 3.05) is 5.32 Å². The molecule has 4 rings (SSSR count). The van der Waals surface area contributed by atoms with E-state index in [0.717, 1.165) is 17.4 Å². The molecule has 0 aliphatic heterocycles. The standard InChI is InChI=1S/C20H16N4O3S/c1-2-23-9-8-13-10-15(6-7-18(13)23)21-19(25)17-12-28-20(22-17)14-4-3-5-16(11-14)24(26)27/h3-12H,2H2,1H3,(H,21,25). The molecular weight excluding hydrogens is 376 g/mol. The Bertz CT molecular complexity index is 1200. The molecule has 0 fully saturated rings. The lowest BCUT2D eigenvalue weighted by Crippen LogP contribution is -2.12. The Morgan fingerprint density at radius 3 is 2.89 bits per heavy atom. The van der Waals surface area contributed by atoms with E-state index >= 15 is 0 Å². The van der Waals surface area contributed by atoms with E-state index in [9.17, 15) is 14.9 Å². The highest BCUT2D eigenvalue weighted by molar-refractivity contribution is 7.13. The van der Waals surface area contributed by atoms with Crippen molar-refractivity contribution in [3.8, 4) is 10.6 Å². The summed E-state index contributed by atoms with van der Waals surface area (Å²) in [5, 5.41) is 17.1. The van der Waals surface area contributed by atoms with Gasteiger partial charge in [0.25, 0.3) is 11.6 Å². The molecule has 8 heteroatoms. The number of benzene rings is 2. The SMILES string of the molecule is CCn1ccc2cc(NC(=O)c3csc(-c4cccc([N+](=O)[O-])c4)n3)ccc21. The van der Waals surface area contributed by atoms with Crippen molar-refractivity contribution in [1.29, 1.82) is 0 Å². The third kappa shape index (κ3) is 3.37. The van der Waals surface area contributed by atoms with Crippen LogP contribution < -0.4 is 5.32 Å². The molecule has 0 radical (unpaired) electrons. The van der Waals surface area contributed by atoms with Gasteiger partial charge >= 0.3 is 0 Å². The van der Waals surface area contributed by atoms with Crippen molar-refractivity contribution in [3.63, 3.8) is 0 Å². The normalized spacial score (nSPS) is 10.9. The fourth-order valence-electron chi connectivity index (χ4n) is 3.01. The van der Waals surface area contributed by atoms with Gasteiger partial charge in [-0.2, -0.15) is 0 Å². The van der Waals surface area contributed by atoms with Gasteiger partial charge in [0.05, 0.1) is 4.92 Å². The Morgan fingerprint density at radius 2 is 2.11 bits per heavy atom. The van der Waals surface area contributed by atoms with Crippen LogP contribution in [0.2, 0.25) is 0 Å². The fourth-order valence-corrected chi connectivity index (χ4v) is 3.81. The van der Waals surface area contributed by atoms with E-state index < -0.39 is 4.92 Å². The van der Waals surface area contributed by atoms with Crippen LogP contribution in [0.1, 0.15) is 17.4 Å². The summed E-state index contributed by atoms with van der Waals surface area (Å²) in [6, 6.07) is 14.0. The molecule has 4 aromatic rings. The van der Waals surface area contributed by atoms with Gasteiger partial charge in [0, 0.05) is 52.4 Å². The van der Waals surface area contributed by atoms with Crippen LogP contribution in [0.3, 0.4) is 0 Å². The first-order valence-corrected chi connectivity index (χ1v) is 9.53. The van der Waals surface area contributed by atoms with Crippen molar-refractivity contribution in [1.82, 2.24) is 9.55 Å². The second-order valence-corrected chi connectivity index (χ2v) is 7.03. The van der Waals surface area contributed by atoms with Crippen molar-refractivity contribution in [2.24, 2.45) is 0 Å². The van der Waals surface area contributed by atoms with E-state index in [-0.39, 0.29) is 17.3 Å². The van der Waals surface area contributed by atoms with Crippen LogP contribution >= 0.6 is 11.3 Å². The number of rotatable bonds is 5. The minimum atomic E-state index is -0.452. The van der Waals surface area contributed by atoms with E-state index in [1.165, 1.54) is 23.5 Å². The van der Waals surface area contributed by atoms with Crippen molar-refractivity contribution in [2.45, 2.75) is 13.5 Å². The maximum atomic E-state index is 12.6. The fraction of sp³-hybridized carbons (Fsp3) is 0.100. The maximum absolute atomic E-state index is 12.6. The molecule has 2 aromatic heterocycles. The highest BCUT2D eigenvalue weighted by Crippen LogP contribution is 2.27. The largest absolute Gasteiger partial charge is 0.348 e. The molecule has 7 nitrogen and oxygen atoms in total. The van der Waals surface area contributed by atoms with Gasteiger partial charge < -0.3 is 9.88 Å². The summed E-state index contributed by atoms with van der Waals surface area (Å²) in [5.74, 6) is -0.317. The van der Waals surface area contributed by atoms with Gasteiger partial charge in [-0.15, -0.1) is 11.3 Å². The average molecular weight is 392 g/mol. The number of hydrogen-bond donors (Lipinski definition) is 1. The summed E-state index contributed by atoms with van der Waals surface area (Å²) in [4.78, 5) is 27.4. The van der Waals surface area contributed by atoms with E-state index in [1.807, 2.05) is 30.5 Å². The Labute approximate surface area is 164 Å². The first-order valence-electron chi connectivity index (χ1n) is 8.66. The third-order valence-corrected chi connectivity index (χ3v) is 5.30. The second-order valence-electron chi connectivity index (χ2n) is 6.17. The van der Waals surface area contributed by atoms with Crippen LogP contribution in [-0.2, 0) is 6.54 Å². The van der Waals surface area contributed by atoms with E-state index in [1.54, 1.807) is 17.5 Å². The summed E-state index contributed by atoms with van der Waals surface area (Å²) in [7, 11) is 0. The molecule has 0 saturated heterocycles. The number of fused-ring (bicyclic) bond motifs is 1. The van der Waals surface area contributed by atoms with Crippen LogP contribution in [0.15, 0.2) is 60.1 Å². The van der Waals surface area contributed by atoms with Crippen LogP contribution in [0.4, 0.5) is 11.4 Å². The summed E-state index contributed by atoms with van der Waals surface area (Å²) in [6.45, 7) is 2.96. The van der Waals surface area contributed by atoms with E-state index in [2.05, 4.69) is 21.8 Å². The molecule has 0 spiro atoms. The van der Waals surface area contributed by atoms with Gasteiger partial charge in [-0.05, 0) is 31.2 Å². The zero-order valence-electron chi connectivity index (χ0n) is 15.0. The second kappa shape index (κ2) is 7.24. The number of anilines is 1. The number of nitrogens with zero attached hydrogens (tertiary/aromatic N) is 3. The van der Waals surface area contributed by atoms with Crippen LogP contribution in [0, 0.1) is 10.1 Å². The van der Waals surface area contributed by atoms with Crippen LogP contribution in [0.25, 0.3) is 21.5 Å². The molecule has 0 bridgehead atoms. The number of nitrogens with one attached hydrogen (secondary N) is 1. The number of nitro benzene ring substituents is 1. The van der Waals surface area contributed by atoms with E-state index in [4.69, 9.17) is 0 Å². The lowest BCUT2D eigenvalue weighted by atomic mass is 10.2. The number of aryl methyl sites for hydroxylation is 1. The van der Waals surface area contributed by atoms with Crippen molar-refractivity contribution in [3.05, 3.63) is 75.9 Å². The number of hydrogen-bond acceptors (Lipinski definition) is 5. The zero-order valence-corrected chi connectivity index (χ0v) is 15.8. The maximum Gasteiger partial charge on any atom is 0.275 e. The summed E-state index contributed by atoms with van der Waals surface area (Å²) in [5.41, 5.74) is 2.68. The average Bonchev–Trinajstić information content (AvgIpc) is 3.35. The van der Waals surface area contributed by atoms with Gasteiger partial charge in [-0.1, -0.05) is 12.1 Å². The lowest BCUT2D eigenvalue weighted by Gasteiger charge is -2.05. The highest BCUT2D eigenvalue weighted by Gasteiger charge is 2.14. The van der Waals surface area contributed by atoms with Crippen LogP contribution in [0.5, 0.6) is 0 Å². The summed E-state index contributed by atoms with van der Waals surface area (Å²) >= 11 is 1.27. The molecule has 0 unspecified atom stereocenters. The molecule has 0 saturated carbocycles. The molecule has 1 amide bonds. The Hall–Kier alpha value is -3.52. The molecule has 0 aliphatic rings. The number of amides is 1. The number of non-ortho nitro benzene ring substituents is 1. The Kier molecular flexibility index (Phi) is 4.62. The first-order chi connectivity index (χ1) is 13.5. The molecule has 0 aliphatic carbocycles. The molecule has 2 aromatic carbocycles. The lowest BCUT2D eigenvalue weighted by molar-refractivity contribution is -0.384. The van der Waals surface area contributed by atoms with Gasteiger partial charge in [-0.25, -0.2) is 4.98 Å². The minimum absolute atomic E-state index is 0.00831. The number of thiazole rings is 1. The molecule has 140 valence electrons. The highest BCUT2D eigenvalue weighted by atomic mass is 32.1. The number of aromatic nitrogens is 2. The molecule has 2 heterocycles. The van der Waals surface area contributed by atoms with Crippen molar-refractivity contribution >= 4 is 39.5 Å². The smallest absolute Gasteiger partial charge is 0.275 e. The van der Waals surface area contributed by atoms with Crippen molar-refractivity contribution < 1.29 is 9.72 Å². The predicted molar refractivity (Wildman–Crippen MR) is 110 cm³/mol. The molecule has 28 heavy (non-hydrogen) atoms. The third-order valence-electron chi connectivity index (χ3n) is 4.41. The zero-order chi connectivity index (χ0) is 19.7. The number of nitro groups is 1. The van der Waals surface area contributed by atoms with Gasteiger partial charge in [0.15, 0.2) is 0 Å². The van der Waals surface area contributed by atoms with Gasteiger partial charge in [0.2, 0.25) is 0 Å². The molecular formula is C20H16N4O3S.